The Hall–Kier alpha value is -1.61. The highest BCUT2D eigenvalue weighted by Gasteiger charge is 2.12. The molecule has 0 fully saturated rings. The van der Waals surface area contributed by atoms with Crippen LogP contribution in [0.2, 0.25) is 0 Å². The third-order valence-electron chi connectivity index (χ3n) is 3.25. The van der Waals surface area contributed by atoms with Gasteiger partial charge < -0.3 is 5.73 Å². The van der Waals surface area contributed by atoms with Gasteiger partial charge in [-0.3, -0.25) is 0 Å². The van der Waals surface area contributed by atoms with E-state index in [4.69, 9.17) is 5.73 Å². The molecule has 1 heterocycles. The molecule has 2 rings (SSSR count). The molecule has 17 heavy (non-hydrogen) atoms. The molecule has 0 bridgehead atoms. The minimum atomic E-state index is 0.548. The maximum atomic E-state index is 5.76. The smallest absolute Gasteiger partial charge is 0.0680 e. The number of nitrogens with zero attached hydrogens (tertiary/aromatic N) is 2. The first-order valence-electron chi connectivity index (χ1n) is 6.02. The fourth-order valence-corrected chi connectivity index (χ4v) is 2.22. The van der Waals surface area contributed by atoms with Crippen molar-refractivity contribution in [2.75, 3.05) is 0 Å². The molecule has 2 N–H and O–H groups in total. The van der Waals surface area contributed by atoms with Gasteiger partial charge in [-0.15, -0.1) is 0 Å². The lowest BCUT2D eigenvalue weighted by atomic mass is 10.1. The number of nitrogens with two attached hydrogens (primary N) is 1. The Labute approximate surface area is 102 Å². The zero-order chi connectivity index (χ0) is 12.4. The first-order valence-corrected chi connectivity index (χ1v) is 6.02. The Morgan fingerprint density at radius 2 is 1.94 bits per heavy atom. The van der Waals surface area contributed by atoms with Gasteiger partial charge in [-0.1, -0.05) is 25.1 Å². The number of hydrogen-bond acceptors (Lipinski definition) is 2. The molecule has 90 valence electrons. The number of benzene rings is 1. The van der Waals surface area contributed by atoms with E-state index >= 15 is 0 Å². The number of hydrogen-bond donors (Lipinski definition) is 1. The molecule has 0 aliphatic heterocycles. The lowest BCUT2D eigenvalue weighted by Crippen LogP contribution is -2.04. The van der Waals surface area contributed by atoms with Gasteiger partial charge in [0.1, 0.15) is 0 Å². The first-order chi connectivity index (χ1) is 8.19. The highest BCUT2D eigenvalue weighted by molar-refractivity contribution is 5.43. The van der Waals surface area contributed by atoms with E-state index in [0.717, 1.165) is 29.1 Å². The van der Waals surface area contributed by atoms with Crippen molar-refractivity contribution >= 4 is 0 Å². The summed E-state index contributed by atoms with van der Waals surface area (Å²) in [4.78, 5) is 0. The largest absolute Gasteiger partial charge is 0.326 e. The van der Waals surface area contributed by atoms with Crippen LogP contribution >= 0.6 is 0 Å². The molecule has 0 aliphatic rings. The maximum Gasteiger partial charge on any atom is 0.0680 e. The van der Waals surface area contributed by atoms with Gasteiger partial charge in [0, 0.05) is 17.8 Å². The molecule has 0 radical (unpaired) electrons. The SMILES string of the molecule is CCc1ccccc1-n1nc(C)c(CN)c1C. The van der Waals surface area contributed by atoms with Crippen molar-refractivity contribution in [1.82, 2.24) is 9.78 Å². The van der Waals surface area contributed by atoms with Crippen molar-refractivity contribution in [3.63, 3.8) is 0 Å². The van der Waals surface area contributed by atoms with Gasteiger partial charge in [-0.05, 0) is 31.9 Å². The zero-order valence-corrected chi connectivity index (χ0v) is 10.7. The summed E-state index contributed by atoms with van der Waals surface area (Å²) in [7, 11) is 0. The van der Waals surface area contributed by atoms with Gasteiger partial charge in [0.2, 0.25) is 0 Å². The van der Waals surface area contributed by atoms with E-state index < -0.39 is 0 Å². The predicted octanol–water partition coefficient (Wildman–Crippen LogP) is 2.51. The van der Waals surface area contributed by atoms with E-state index in [9.17, 15) is 0 Å². The quantitative estimate of drug-likeness (QED) is 0.878. The van der Waals surface area contributed by atoms with Crippen LogP contribution in [0.15, 0.2) is 24.3 Å². The predicted molar refractivity (Wildman–Crippen MR) is 70.3 cm³/mol. The average Bonchev–Trinajstić information content (AvgIpc) is 2.64. The Morgan fingerprint density at radius 3 is 2.53 bits per heavy atom. The highest BCUT2D eigenvalue weighted by atomic mass is 15.3. The van der Waals surface area contributed by atoms with E-state index in [1.165, 1.54) is 5.56 Å². The molecule has 2 aromatic rings. The second kappa shape index (κ2) is 4.72. The normalized spacial score (nSPS) is 10.8. The molecule has 0 aliphatic carbocycles. The molecule has 0 spiro atoms. The van der Waals surface area contributed by atoms with E-state index in [0.29, 0.717) is 6.54 Å². The molecule has 3 nitrogen and oxygen atoms in total. The Balaban J connectivity index is 2.61. The molecule has 0 saturated heterocycles. The van der Waals surface area contributed by atoms with E-state index in [2.05, 4.69) is 37.1 Å². The minimum Gasteiger partial charge on any atom is -0.326 e. The molecular weight excluding hydrogens is 210 g/mol. The van der Waals surface area contributed by atoms with Gasteiger partial charge in [-0.25, -0.2) is 4.68 Å². The van der Waals surface area contributed by atoms with Crippen molar-refractivity contribution in [3.8, 4) is 5.69 Å². The van der Waals surface area contributed by atoms with Gasteiger partial charge in [0.25, 0.3) is 0 Å². The summed E-state index contributed by atoms with van der Waals surface area (Å²) in [6.45, 7) is 6.80. The molecule has 3 heteroatoms. The second-order valence-electron chi connectivity index (χ2n) is 4.25. The molecule has 1 aromatic carbocycles. The number of aryl methyl sites for hydroxylation is 2. The van der Waals surface area contributed by atoms with Gasteiger partial charge in [0.05, 0.1) is 11.4 Å². The summed E-state index contributed by atoms with van der Waals surface area (Å²) >= 11 is 0. The van der Waals surface area contributed by atoms with Crippen LogP contribution in [0, 0.1) is 13.8 Å². The van der Waals surface area contributed by atoms with Crippen LogP contribution in [0.3, 0.4) is 0 Å². The Kier molecular flexibility index (Phi) is 3.29. The number of para-hydroxylation sites is 1. The van der Waals surface area contributed by atoms with Crippen LogP contribution in [0.5, 0.6) is 0 Å². The van der Waals surface area contributed by atoms with Crippen LogP contribution in [0.4, 0.5) is 0 Å². The van der Waals surface area contributed by atoms with Gasteiger partial charge >= 0.3 is 0 Å². The molecule has 0 saturated carbocycles. The minimum absolute atomic E-state index is 0.548. The molecule has 0 atom stereocenters. The summed E-state index contributed by atoms with van der Waals surface area (Å²) in [5.41, 5.74) is 11.5. The second-order valence-corrected chi connectivity index (χ2v) is 4.25. The van der Waals surface area contributed by atoms with Crippen molar-refractivity contribution in [2.45, 2.75) is 33.7 Å². The van der Waals surface area contributed by atoms with Crippen LogP contribution in [0.1, 0.15) is 29.4 Å². The summed E-state index contributed by atoms with van der Waals surface area (Å²) in [6, 6.07) is 8.37. The van der Waals surface area contributed by atoms with Crippen LogP contribution in [0.25, 0.3) is 5.69 Å². The topological polar surface area (TPSA) is 43.8 Å². The molecule has 0 amide bonds. The van der Waals surface area contributed by atoms with Crippen molar-refractivity contribution in [1.29, 1.82) is 0 Å². The lowest BCUT2D eigenvalue weighted by molar-refractivity contribution is 0.819. The third kappa shape index (κ3) is 1.98. The summed E-state index contributed by atoms with van der Waals surface area (Å²) < 4.78 is 2.01. The summed E-state index contributed by atoms with van der Waals surface area (Å²) in [5.74, 6) is 0. The van der Waals surface area contributed by atoms with Crippen molar-refractivity contribution < 1.29 is 0 Å². The zero-order valence-electron chi connectivity index (χ0n) is 10.7. The first kappa shape index (κ1) is 11.9. The average molecular weight is 229 g/mol. The van der Waals surface area contributed by atoms with Crippen molar-refractivity contribution in [3.05, 3.63) is 46.8 Å². The molecule has 1 aromatic heterocycles. The number of rotatable bonds is 3. The summed E-state index contributed by atoms with van der Waals surface area (Å²) in [6.07, 6.45) is 1.01. The lowest BCUT2D eigenvalue weighted by Gasteiger charge is -2.09. The standard InChI is InChI=1S/C14H19N3/c1-4-12-7-5-6-8-14(12)17-11(3)13(9-15)10(2)16-17/h5-8H,4,9,15H2,1-3H3. The highest BCUT2D eigenvalue weighted by Crippen LogP contribution is 2.20. The van der Waals surface area contributed by atoms with E-state index in [1.807, 2.05) is 17.7 Å². The summed E-state index contributed by atoms with van der Waals surface area (Å²) in [5, 5.41) is 4.60. The third-order valence-corrected chi connectivity index (χ3v) is 3.25. The Morgan fingerprint density at radius 1 is 1.24 bits per heavy atom. The van der Waals surface area contributed by atoms with Gasteiger partial charge in [-0.2, -0.15) is 5.10 Å². The number of aromatic nitrogens is 2. The van der Waals surface area contributed by atoms with Crippen molar-refractivity contribution in [2.24, 2.45) is 5.73 Å². The fraction of sp³-hybridized carbons (Fsp3) is 0.357. The van der Waals surface area contributed by atoms with E-state index in [-0.39, 0.29) is 0 Å². The Bertz CT molecular complexity index is 526. The molecular formula is C14H19N3. The molecule has 0 unspecified atom stereocenters. The van der Waals surface area contributed by atoms with Gasteiger partial charge in [0.15, 0.2) is 0 Å². The fourth-order valence-electron chi connectivity index (χ4n) is 2.22. The monoisotopic (exact) mass is 229 g/mol. The van der Waals surface area contributed by atoms with Crippen LogP contribution in [-0.2, 0) is 13.0 Å². The maximum absolute atomic E-state index is 5.76. The van der Waals surface area contributed by atoms with E-state index in [1.54, 1.807) is 0 Å². The van der Waals surface area contributed by atoms with Crippen LogP contribution < -0.4 is 5.73 Å². The van der Waals surface area contributed by atoms with Crippen LogP contribution in [-0.4, -0.2) is 9.78 Å².